The van der Waals surface area contributed by atoms with Crippen LogP contribution < -0.4 is 5.32 Å². The van der Waals surface area contributed by atoms with Crippen LogP contribution in [-0.2, 0) is 4.74 Å². The van der Waals surface area contributed by atoms with Crippen LogP contribution in [-0.4, -0.2) is 30.5 Å². The van der Waals surface area contributed by atoms with Gasteiger partial charge in [0.25, 0.3) is 0 Å². The fraction of sp³-hybridized carbons (Fsp3) is 0.667. The van der Waals surface area contributed by atoms with Crippen LogP contribution >= 0.6 is 11.3 Å². The Morgan fingerprint density at radius 1 is 1.62 bits per heavy atom. The van der Waals surface area contributed by atoms with Crippen molar-refractivity contribution >= 4 is 11.3 Å². The number of aliphatic hydroxyl groups is 1. The van der Waals surface area contributed by atoms with Crippen LogP contribution in [0.4, 0.5) is 0 Å². The van der Waals surface area contributed by atoms with Gasteiger partial charge < -0.3 is 15.2 Å². The van der Waals surface area contributed by atoms with Crippen LogP contribution in [0.2, 0.25) is 0 Å². The van der Waals surface area contributed by atoms with Crippen molar-refractivity contribution in [2.24, 2.45) is 0 Å². The summed E-state index contributed by atoms with van der Waals surface area (Å²) in [5, 5.41) is 13.5. The molecule has 1 aromatic heterocycles. The van der Waals surface area contributed by atoms with Gasteiger partial charge in [0, 0.05) is 35.4 Å². The van der Waals surface area contributed by atoms with Gasteiger partial charge in [0.2, 0.25) is 0 Å². The summed E-state index contributed by atoms with van der Waals surface area (Å²) in [7, 11) is 0. The standard InChI is InChI=1S/C12H19NO2S/c1-9-3-4-11(16-9)10(2)13-7-12(14)5-6-15-8-12/h3-4,10,13-14H,5-8H2,1-2H3. The number of hydrogen-bond donors (Lipinski definition) is 2. The van der Waals surface area contributed by atoms with Crippen molar-refractivity contribution in [3.05, 3.63) is 21.9 Å². The SMILES string of the molecule is Cc1ccc(C(C)NCC2(O)CCOC2)s1. The molecule has 0 saturated carbocycles. The van der Waals surface area contributed by atoms with Gasteiger partial charge in [-0.05, 0) is 26.0 Å². The molecule has 0 spiro atoms. The van der Waals surface area contributed by atoms with Gasteiger partial charge in [-0.25, -0.2) is 0 Å². The van der Waals surface area contributed by atoms with Gasteiger partial charge in [-0.15, -0.1) is 11.3 Å². The molecule has 0 bridgehead atoms. The van der Waals surface area contributed by atoms with Crippen molar-refractivity contribution in [2.45, 2.75) is 31.9 Å². The Kier molecular flexibility index (Phi) is 3.64. The lowest BCUT2D eigenvalue weighted by molar-refractivity contribution is 0.0252. The predicted molar refractivity (Wildman–Crippen MR) is 65.9 cm³/mol. The first-order valence-corrected chi connectivity index (χ1v) is 6.51. The van der Waals surface area contributed by atoms with E-state index in [2.05, 4.69) is 31.3 Å². The largest absolute Gasteiger partial charge is 0.386 e. The van der Waals surface area contributed by atoms with Crippen molar-refractivity contribution in [1.29, 1.82) is 0 Å². The molecule has 0 amide bonds. The highest BCUT2D eigenvalue weighted by atomic mass is 32.1. The summed E-state index contributed by atoms with van der Waals surface area (Å²) in [4.78, 5) is 2.64. The van der Waals surface area contributed by atoms with Crippen LogP contribution in [0.25, 0.3) is 0 Å². The molecule has 2 unspecified atom stereocenters. The molecule has 0 radical (unpaired) electrons. The maximum Gasteiger partial charge on any atom is 0.103 e. The van der Waals surface area contributed by atoms with E-state index in [0.717, 1.165) is 6.42 Å². The van der Waals surface area contributed by atoms with E-state index >= 15 is 0 Å². The highest BCUT2D eigenvalue weighted by molar-refractivity contribution is 7.12. The van der Waals surface area contributed by atoms with Crippen LogP contribution in [0.1, 0.15) is 29.1 Å². The Balaban J connectivity index is 1.86. The third-order valence-electron chi connectivity index (χ3n) is 3.01. The number of rotatable bonds is 4. The van der Waals surface area contributed by atoms with Gasteiger partial charge in [-0.2, -0.15) is 0 Å². The van der Waals surface area contributed by atoms with E-state index in [1.54, 1.807) is 11.3 Å². The van der Waals surface area contributed by atoms with Gasteiger partial charge in [-0.3, -0.25) is 0 Å². The molecule has 1 saturated heterocycles. The Morgan fingerprint density at radius 3 is 3.00 bits per heavy atom. The predicted octanol–water partition coefficient (Wildman–Crippen LogP) is 1.86. The van der Waals surface area contributed by atoms with Crippen LogP contribution in [0.15, 0.2) is 12.1 Å². The summed E-state index contributed by atoms with van der Waals surface area (Å²) < 4.78 is 5.21. The third-order valence-corrected chi connectivity index (χ3v) is 4.19. The second-order valence-corrected chi connectivity index (χ2v) is 5.90. The average Bonchev–Trinajstić information content (AvgIpc) is 2.85. The molecule has 0 aliphatic carbocycles. The molecule has 1 aliphatic heterocycles. The van der Waals surface area contributed by atoms with E-state index in [1.165, 1.54) is 9.75 Å². The van der Waals surface area contributed by atoms with Crippen molar-refractivity contribution < 1.29 is 9.84 Å². The minimum Gasteiger partial charge on any atom is -0.386 e. The maximum absolute atomic E-state index is 10.1. The molecule has 3 nitrogen and oxygen atoms in total. The second kappa shape index (κ2) is 4.84. The topological polar surface area (TPSA) is 41.5 Å². The molecular formula is C12H19NO2S. The number of nitrogens with one attached hydrogen (secondary N) is 1. The molecular weight excluding hydrogens is 222 g/mol. The summed E-state index contributed by atoms with van der Waals surface area (Å²) in [6, 6.07) is 4.57. The summed E-state index contributed by atoms with van der Waals surface area (Å²) >= 11 is 1.80. The number of aryl methyl sites for hydroxylation is 1. The summed E-state index contributed by atoms with van der Waals surface area (Å²) in [5.41, 5.74) is -0.666. The molecule has 1 aromatic rings. The molecule has 2 rings (SSSR count). The normalized spacial score (nSPS) is 27.2. The van der Waals surface area contributed by atoms with E-state index < -0.39 is 5.60 Å². The molecule has 2 N–H and O–H groups in total. The zero-order valence-corrected chi connectivity index (χ0v) is 10.6. The zero-order chi connectivity index (χ0) is 11.6. The lowest BCUT2D eigenvalue weighted by Crippen LogP contribution is -2.41. The molecule has 0 aromatic carbocycles. The third kappa shape index (κ3) is 2.83. The lowest BCUT2D eigenvalue weighted by atomic mass is 10.0. The molecule has 1 aliphatic rings. The van der Waals surface area contributed by atoms with Crippen LogP contribution in [0.3, 0.4) is 0 Å². The minimum atomic E-state index is -0.666. The fourth-order valence-electron chi connectivity index (χ4n) is 1.87. The smallest absolute Gasteiger partial charge is 0.103 e. The maximum atomic E-state index is 10.1. The Labute approximate surface area is 100 Å². The first kappa shape index (κ1) is 12.0. The van der Waals surface area contributed by atoms with Crippen LogP contribution in [0, 0.1) is 6.92 Å². The molecule has 2 atom stereocenters. The Morgan fingerprint density at radius 2 is 2.44 bits per heavy atom. The molecule has 2 heterocycles. The summed E-state index contributed by atoms with van der Waals surface area (Å²) in [5.74, 6) is 0. The highest BCUT2D eigenvalue weighted by Gasteiger charge is 2.32. The van der Waals surface area contributed by atoms with Gasteiger partial charge in [0.15, 0.2) is 0 Å². The lowest BCUT2D eigenvalue weighted by Gasteiger charge is -2.23. The summed E-state index contributed by atoms with van der Waals surface area (Å²) in [6.07, 6.45) is 0.732. The van der Waals surface area contributed by atoms with Crippen molar-refractivity contribution in [3.8, 4) is 0 Å². The Bertz CT molecular complexity index is 345. The van der Waals surface area contributed by atoms with Gasteiger partial charge in [0.05, 0.1) is 6.61 Å². The van der Waals surface area contributed by atoms with Gasteiger partial charge in [-0.1, -0.05) is 0 Å². The van der Waals surface area contributed by atoms with Crippen molar-refractivity contribution in [1.82, 2.24) is 5.32 Å². The first-order chi connectivity index (χ1) is 7.59. The molecule has 16 heavy (non-hydrogen) atoms. The van der Waals surface area contributed by atoms with E-state index in [4.69, 9.17) is 4.74 Å². The quantitative estimate of drug-likeness (QED) is 0.845. The summed E-state index contributed by atoms with van der Waals surface area (Å²) in [6.45, 7) is 5.97. The highest BCUT2D eigenvalue weighted by Crippen LogP contribution is 2.24. The molecule has 4 heteroatoms. The first-order valence-electron chi connectivity index (χ1n) is 5.69. The number of ether oxygens (including phenoxy) is 1. The van der Waals surface area contributed by atoms with E-state index in [1.807, 2.05) is 0 Å². The number of hydrogen-bond acceptors (Lipinski definition) is 4. The monoisotopic (exact) mass is 241 g/mol. The number of thiophene rings is 1. The minimum absolute atomic E-state index is 0.295. The zero-order valence-electron chi connectivity index (χ0n) is 9.82. The average molecular weight is 241 g/mol. The van der Waals surface area contributed by atoms with Crippen molar-refractivity contribution in [3.63, 3.8) is 0 Å². The second-order valence-electron chi connectivity index (χ2n) is 4.58. The van der Waals surface area contributed by atoms with Gasteiger partial charge in [0.1, 0.15) is 5.60 Å². The van der Waals surface area contributed by atoms with Crippen LogP contribution in [0.5, 0.6) is 0 Å². The fourth-order valence-corrected chi connectivity index (χ4v) is 2.77. The van der Waals surface area contributed by atoms with E-state index in [0.29, 0.717) is 25.8 Å². The van der Waals surface area contributed by atoms with Gasteiger partial charge >= 0.3 is 0 Å². The molecule has 1 fully saturated rings. The Hall–Kier alpha value is -0.420. The van der Waals surface area contributed by atoms with Crippen molar-refractivity contribution in [2.75, 3.05) is 19.8 Å². The molecule has 90 valence electrons. The van der Waals surface area contributed by atoms with E-state index in [9.17, 15) is 5.11 Å². The van der Waals surface area contributed by atoms with E-state index in [-0.39, 0.29) is 0 Å².